The SMILES string of the molecule is CC1Cc2cc(NC(=O)Cc3ccc4[nH]ccc4c3)ccc2O1. The summed E-state index contributed by atoms with van der Waals surface area (Å²) in [5, 5.41) is 4.10. The zero-order valence-corrected chi connectivity index (χ0v) is 12.9. The van der Waals surface area contributed by atoms with Gasteiger partial charge >= 0.3 is 0 Å². The van der Waals surface area contributed by atoms with Gasteiger partial charge in [-0.1, -0.05) is 6.07 Å². The van der Waals surface area contributed by atoms with Crippen molar-refractivity contribution in [2.24, 2.45) is 0 Å². The number of carbonyl (C=O) groups is 1. The highest BCUT2D eigenvalue weighted by atomic mass is 16.5. The first-order valence-corrected chi connectivity index (χ1v) is 7.83. The number of benzene rings is 2. The van der Waals surface area contributed by atoms with Crippen LogP contribution in [0.3, 0.4) is 0 Å². The van der Waals surface area contributed by atoms with Crippen LogP contribution >= 0.6 is 0 Å². The number of rotatable bonds is 3. The van der Waals surface area contributed by atoms with Gasteiger partial charge in [-0.15, -0.1) is 0 Å². The Morgan fingerprint density at radius 2 is 2.17 bits per heavy atom. The number of nitrogens with one attached hydrogen (secondary N) is 2. The fourth-order valence-corrected chi connectivity index (χ4v) is 3.10. The third kappa shape index (κ3) is 2.80. The van der Waals surface area contributed by atoms with Crippen molar-refractivity contribution in [3.8, 4) is 5.75 Å². The van der Waals surface area contributed by atoms with Gasteiger partial charge in [0.2, 0.25) is 5.91 Å². The van der Waals surface area contributed by atoms with Gasteiger partial charge in [0, 0.05) is 23.8 Å². The number of H-pyrrole nitrogens is 1. The maximum Gasteiger partial charge on any atom is 0.228 e. The number of carbonyl (C=O) groups excluding carboxylic acids is 1. The molecule has 1 aromatic heterocycles. The van der Waals surface area contributed by atoms with Crippen LogP contribution in [-0.2, 0) is 17.6 Å². The van der Waals surface area contributed by atoms with Gasteiger partial charge in [-0.3, -0.25) is 4.79 Å². The normalized spacial score (nSPS) is 16.1. The molecule has 4 rings (SSSR count). The second-order valence-corrected chi connectivity index (χ2v) is 6.08. The molecule has 4 heteroatoms. The summed E-state index contributed by atoms with van der Waals surface area (Å²) in [6.45, 7) is 2.05. The van der Waals surface area contributed by atoms with Gasteiger partial charge in [0.25, 0.3) is 0 Å². The Morgan fingerprint density at radius 3 is 3.09 bits per heavy atom. The molecule has 2 aromatic carbocycles. The molecule has 23 heavy (non-hydrogen) atoms. The van der Waals surface area contributed by atoms with E-state index in [0.29, 0.717) is 6.42 Å². The van der Waals surface area contributed by atoms with Gasteiger partial charge in [-0.25, -0.2) is 0 Å². The van der Waals surface area contributed by atoms with Gasteiger partial charge < -0.3 is 15.0 Å². The van der Waals surface area contributed by atoms with Gasteiger partial charge in [0.05, 0.1) is 6.42 Å². The van der Waals surface area contributed by atoms with Crippen molar-refractivity contribution in [1.29, 1.82) is 0 Å². The van der Waals surface area contributed by atoms with Crippen LogP contribution < -0.4 is 10.1 Å². The summed E-state index contributed by atoms with van der Waals surface area (Å²) >= 11 is 0. The molecular formula is C19H18N2O2. The molecular weight excluding hydrogens is 288 g/mol. The third-order valence-electron chi connectivity index (χ3n) is 4.16. The van der Waals surface area contributed by atoms with Gasteiger partial charge in [0.15, 0.2) is 0 Å². The van der Waals surface area contributed by atoms with Gasteiger partial charge in [0.1, 0.15) is 11.9 Å². The van der Waals surface area contributed by atoms with E-state index in [1.165, 1.54) is 0 Å². The molecule has 2 N–H and O–H groups in total. The van der Waals surface area contributed by atoms with E-state index in [0.717, 1.165) is 39.9 Å². The van der Waals surface area contributed by atoms with E-state index in [1.54, 1.807) is 0 Å². The molecule has 0 saturated carbocycles. The van der Waals surface area contributed by atoms with Crippen molar-refractivity contribution in [2.45, 2.75) is 25.9 Å². The van der Waals surface area contributed by atoms with Crippen molar-refractivity contribution in [3.63, 3.8) is 0 Å². The first kappa shape index (κ1) is 13.9. The van der Waals surface area contributed by atoms with Gasteiger partial charge in [-0.2, -0.15) is 0 Å². The maximum atomic E-state index is 12.3. The van der Waals surface area contributed by atoms with E-state index in [-0.39, 0.29) is 12.0 Å². The first-order chi connectivity index (χ1) is 11.2. The zero-order chi connectivity index (χ0) is 15.8. The lowest BCUT2D eigenvalue weighted by Crippen LogP contribution is -2.14. The molecule has 2 heterocycles. The molecule has 0 aliphatic carbocycles. The molecule has 0 spiro atoms. The molecule has 0 bridgehead atoms. The number of ether oxygens (including phenoxy) is 1. The van der Waals surface area contributed by atoms with E-state index < -0.39 is 0 Å². The van der Waals surface area contributed by atoms with Crippen molar-refractivity contribution in [2.75, 3.05) is 5.32 Å². The smallest absolute Gasteiger partial charge is 0.228 e. The zero-order valence-electron chi connectivity index (χ0n) is 12.9. The largest absolute Gasteiger partial charge is 0.490 e. The minimum Gasteiger partial charge on any atom is -0.490 e. The summed E-state index contributed by atoms with van der Waals surface area (Å²) in [5.41, 5.74) is 4.08. The van der Waals surface area contributed by atoms with E-state index in [4.69, 9.17) is 4.74 Å². The Hall–Kier alpha value is -2.75. The number of aromatic amines is 1. The lowest BCUT2D eigenvalue weighted by atomic mass is 10.1. The van der Waals surface area contributed by atoms with Crippen LogP contribution in [0.5, 0.6) is 5.75 Å². The predicted molar refractivity (Wildman–Crippen MR) is 90.9 cm³/mol. The molecule has 0 fully saturated rings. The molecule has 1 unspecified atom stereocenters. The second-order valence-electron chi connectivity index (χ2n) is 6.08. The van der Waals surface area contributed by atoms with Crippen molar-refractivity contribution in [1.82, 2.24) is 4.98 Å². The van der Waals surface area contributed by atoms with Crippen LogP contribution in [0.15, 0.2) is 48.7 Å². The Bertz CT molecular complexity index is 882. The fourth-order valence-electron chi connectivity index (χ4n) is 3.10. The number of anilines is 1. The van der Waals surface area contributed by atoms with Crippen molar-refractivity contribution < 1.29 is 9.53 Å². The lowest BCUT2D eigenvalue weighted by Gasteiger charge is -2.07. The summed E-state index contributed by atoms with van der Waals surface area (Å²) in [6.07, 6.45) is 3.38. The maximum absolute atomic E-state index is 12.3. The number of hydrogen-bond donors (Lipinski definition) is 2. The van der Waals surface area contributed by atoms with Crippen LogP contribution in [-0.4, -0.2) is 17.0 Å². The van der Waals surface area contributed by atoms with Crippen LogP contribution in [0.1, 0.15) is 18.1 Å². The Kier molecular flexibility index (Phi) is 3.30. The minimum absolute atomic E-state index is 0.00759. The summed E-state index contributed by atoms with van der Waals surface area (Å²) in [6, 6.07) is 13.9. The standard InChI is InChI=1S/C19H18N2O2/c1-12-8-15-11-16(3-5-18(15)23-12)21-19(22)10-13-2-4-17-14(9-13)6-7-20-17/h2-7,9,11-12,20H,8,10H2,1H3,(H,21,22). The summed E-state index contributed by atoms with van der Waals surface area (Å²) in [5.74, 6) is 0.917. The first-order valence-electron chi connectivity index (χ1n) is 7.83. The molecule has 1 aliphatic rings. The van der Waals surface area contributed by atoms with Crippen LogP contribution in [0.4, 0.5) is 5.69 Å². The Labute approximate surface area is 134 Å². The molecule has 1 atom stereocenters. The number of aromatic nitrogens is 1. The third-order valence-corrected chi connectivity index (χ3v) is 4.16. The summed E-state index contributed by atoms with van der Waals surface area (Å²) < 4.78 is 5.68. The number of hydrogen-bond acceptors (Lipinski definition) is 2. The fraction of sp³-hybridized carbons (Fsp3) is 0.211. The molecule has 1 amide bonds. The van der Waals surface area contributed by atoms with Crippen molar-refractivity contribution >= 4 is 22.5 Å². The number of amides is 1. The number of fused-ring (bicyclic) bond motifs is 2. The van der Waals surface area contributed by atoms with E-state index in [2.05, 4.69) is 17.2 Å². The average Bonchev–Trinajstić information content (AvgIpc) is 3.11. The Morgan fingerprint density at radius 1 is 1.26 bits per heavy atom. The molecule has 116 valence electrons. The van der Waals surface area contributed by atoms with E-state index >= 15 is 0 Å². The van der Waals surface area contributed by atoms with Crippen LogP contribution in [0.25, 0.3) is 10.9 Å². The lowest BCUT2D eigenvalue weighted by molar-refractivity contribution is -0.115. The summed E-state index contributed by atoms with van der Waals surface area (Å²) in [7, 11) is 0. The van der Waals surface area contributed by atoms with Crippen LogP contribution in [0, 0.1) is 0 Å². The minimum atomic E-state index is -0.00759. The molecule has 1 aliphatic heterocycles. The van der Waals surface area contributed by atoms with Crippen LogP contribution in [0.2, 0.25) is 0 Å². The van der Waals surface area contributed by atoms with E-state index in [9.17, 15) is 4.79 Å². The highest BCUT2D eigenvalue weighted by Gasteiger charge is 2.19. The predicted octanol–water partition coefficient (Wildman–Crippen LogP) is 3.67. The average molecular weight is 306 g/mol. The molecule has 4 nitrogen and oxygen atoms in total. The monoisotopic (exact) mass is 306 g/mol. The highest BCUT2D eigenvalue weighted by Crippen LogP contribution is 2.31. The highest BCUT2D eigenvalue weighted by molar-refractivity contribution is 5.93. The second kappa shape index (κ2) is 5.47. The topological polar surface area (TPSA) is 54.1 Å². The van der Waals surface area contributed by atoms with E-state index in [1.807, 2.05) is 48.7 Å². The quantitative estimate of drug-likeness (QED) is 0.775. The van der Waals surface area contributed by atoms with Crippen molar-refractivity contribution in [3.05, 3.63) is 59.8 Å². The molecule has 0 radical (unpaired) electrons. The Balaban J connectivity index is 1.46. The molecule has 3 aromatic rings. The molecule has 0 saturated heterocycles. The van der Waals surface area contributed by atoms with Gasteiger partial charge in [-0.05, 0) is 59.8 Å². The summed E-state index contributed by atoms with van der Waals surface area (Å²) in [4.78, 5) is 15.4.